The summed E-state index contributed by atoms with van der Waals surface area (Å²) in [5.74, 6) is 0.988. The van der Waals surface area contributed by atoms with Crippen molar-refractivity contribution < 1.29 is 4.42 Å². The van der Waals surface area contributed by atoms with Gasteiger partial charge in [0.2, 0.25) is 0 Å². The van der Waals surface area contributed by atoms with Crippen molar-refractivity contribution in [1.82, 2.24) is 9.88 Å². The highest BCUT2D eigenvalue weighted by Crippen LogP contribution is 2.13. The molecule has 0 radical (unpaired) electrons. The lowest BCUT2D eigenvalue weighted by molar-refractivity contribution is 0.456. The van der Waals surface area contributed by atoms with Crippen LogP contribution in [0.4, 0.5) is 0 Å². The highest BCUT2D eigenvalue weighted by molar-refractivity contribution is 5.34. The third-order valence-electron chi connectivity index (χ3n) is 3.48. The third-order valence-corrected chi connectivity index (χ3v) is 3.48. The molecule has 4 nitrogen and oxygen atoms in total. The summed E-state index contributed by atoms with van der Waals surface area (Å²) in [7, 11) is 1.92. The van der Waals surface area contributed by atoms with Crippen LogP contribution in [0.2, 0.25) is 0 Å². The number of furan rings is 1. The SMILES string of the molecule is Cc1c(CNC(C)Cc2ccco2)cc(C#N)n1C. The largest absolute Gasteiger partial charge is 0.469 e. The minimum atomic E-state index is 0.330. The van der Waals surface area contributed by atoms with Gasteiger partial charge in [-0.25, -0.2) is 0 Å². The summed E-state index contributed by atoms with van der Waals surface area (Å²) in [4.78, 5) is 0. The summed E-state index contributed by atoms with van der Waals surface area (Å²) in [6.45, 7) is 4.93. The van der Waals surface area contributed by atoms with E-state index in [-0.39, 0.29) is 0 Å². The molecule has 0 amide bonds. The molecule has 0 aliphatic carbocycles. The van der Waals surface area contributed by atoms with Crippen LogP contribution in [0.5, 0.6) is 0 Å². The lowest BCUT2D eigenvalue weighted by Gasteiger charge is -2.12. The van der Waals surface area contributed by atoms with Crippen LogP contribution in [0.3, 0.4) is 0 Å². The molecule has 0 spiro atoms. The standard InChI is InChI=1S/C15H19N3O/c1-11(7-15-5-4-6-19-15)17-10-13-8-14(9-16)18(3)12(13)2/h4-6,8,11,17H,7,10H2,1-3H3. The quantitative estimate of drug-likeness (QED) is 0.895. The van der Waals surface area contributed by atoms with Gasteiger partial charge in [0.1, 0.15) is 17.5 Å². The summed E-state index contributed by atoms with van der Waals surface area (Å²) >= 11 is 0. The molecule has 0 saturated heterocycles. The lowest BCUT2D eigenvalue weighted by Crippen LogP contribution is -2.27. The molecule has 1 atom stereocenters. The van der Waals surface area contributed by atoms with Gasteiger partial charge in [0.05, 0.1) is 6.26 Å². The van der Waals surface area contributed by atoms with E-state index >= 15 is 0 Å². The predicted molar refractivity (Wildman–Crippen MR) is 73.6 cm³/mol. The van der Waals surface area contributed by atoms with Crippen molar-refractivity contribution in [3.63, 3.8) is 0 Å². The van der Waals surface area contributed by atoms with Gasteiger partial charge in [0, 0.05) is 31.7 Å². The first kappa shape index (κ1) is 13.4. The van der Waals surface area contributed by atoms with Gasteiger partial charge in [-0.1, -0.05) is 0 Å². The van der Waals surface area contributed by atoms with E-state index in [2.05, 4.69) is 18.3 Å². The van der Waals surface area contributed by atoms with Crippen LogP contribution >= 0.6 is 0 Å². The summed E-state index contributed by atoms with van der Waals surface area (Å²) in [6, 6.07) is 8.37. The fourth-order valence-corrected chi connectivity index (χ4v) is 2.14. The van der Waals surface area contributed by atoms with Crippen molar-refractivity contribution in [2.45, 2.75) is 32.9 Å². The van der Waals surface area contributed by atoms with Gasteiger partial charge in [-0.3, -0.25) is 0 Å². The van der Waals surface area contributed by atoms with Crippen LogP contribution in [-0.4, -0.2) is 10.6 Å². The molecule has 2 aromatic heterocycles. The van der Waals surface area contributed by atoms with Crippen LogP contribution in [-0.2, 0) is 20.0 Å². The molecule has 100 valence electrons. The predicted octanol–water partition coefficient (Wildman–Crippen LogP) is 2.52. The second-order valence-electron chi connectivity index (χ2n) is 4.88. The first-order chi connectivity index (χ1) is 9.11. The minimum absolute atomic E-state index is 0.330. The molecular formula is C15H19N3O. The van der Waals surface area contributed by atoms with Crippen LogP contribution in [0.15, 0.2) is 28.9 Å². The molecule has 0 saturated carbocycles. The van der Waals surface area contributed by atoms with Gasteiger partial charge in [-0.15, -0.1) is 0 Å². The molecule has 0 fully saturated rings. The molecule has 0 bridgehead atoms. The topological polar surface area (TPSA) is 53.9 Å². The van der Waals surface area contributed by atoms with E-state index in [1.54, 1.807) is 6.26 Å². The van der Waals surface area contributed by atoms with Gasteiger partial charge in [-0.05, 0) is 37.6 Å². The smallest absolute Gasteiger partial charge is 0.120 e. The summed E-state index contributed by atoms with van der Waals surface area (Å²) in [5.41, 5.74) is 3.01. The van der Waals surface area contributed by atoms with E-state index < -0.39 is 0 Å². The van der Waals surface area contributed by atoms with Crippen molar-refractivity contribution in [2.24, 2.45) is 7.05 Å². The average molecular weight is 257 g/mol. The second kappa shape index (κ2) is 5.77. The van der Waals surface area contributed by atoms with E-state index in [4.69, 9.17) is 9.68 Å². The Morgan fingerprint density at radius 3 is 2.89 bits per heavy atom. The van der Waals surface area contributed by atoms with Gasteiger partial charge < -0.3 is 14.3 Å². The molecule has 0 aromatic carbocycles. The molecule has 2 aromatic rings. The highest BCUT2D eigenvalue weighted by Gasteiger charge is 2.10. The normalized spacial score (nSPS) is 12.3. The molecule has 1 N–H and O–H groups in total. The lowest BCUT2D eigenvalue weighted by atomic mass is 10.1. The molecule has 0 aliphatic heterocycles. The molecule has 4 heteroatoms. The Balaban J connectivity index is 1.94. The van der Waals surface area contributed by atoms with Gasteiger partial charge in [0.15, 0.2) is 0 Å². The highest BCUT2D eigenvalue weighted by atomic mass is 16.3. The number of hydrogen-bond acceptors (Lipinski definition) is 3. The maximum Gasteiger partial charge on any atom is 0.120 e. The molecular weight excluding hydrogens is 238 g/mol. The maximum atomic E-state index is 9.00. The number of nitrogens with zero attached hydrogens (tertiary/aromatic N) is 2. The van der Waals surface area contributed by atoms with E-state index in [9.17, 15) is 0 Å². The Hall–Kier alpha value is -1.99. The van der Waals surface area contributed by atoms with Crippen LogP contribution in [0.1, 0.15) is 29.6 Å². The van der Waals surface area contributed by atoms with Crippen LogP contribution < -0.4 is 5.32 Å². The van der Waals surface area contributed by atoms with Gasteiger partial charge in [0.25, 0.3) is 0 Å². The minimum Gasteiger partial charge on any atom is -0.469 e. The number of rotatable bonds is 5. The van der Waals surface area contributed by atoms with E-state index in [1.807, 2.05) is 36.7 Å². The average Bonchev–Trinajstić information content (AvgIpc) is 2.98. The first-order valence-electron chi connectivity index (χ1n) is 6.43. The zero-order valence-corrected chi connectivity index (χ0v) is 11.6. The van der Waals surface area contributed by atoms with Gasteiger partial charge >= 0.3 is 0 Å². The third kappa shape index (κ3) is 3.07. The fourth-order valence-electron chi connectivity index (χ4n) is 2.14. The van der Waals surface area contributed by atoms with Crippen molar-refractivity contribution in [3.05, 3.63) is 47.2 Å². The molecule has 2 heterocycles. The van der Waals surface area contributed by atoms with Crippen LogP contribution in [0.25, 0.3) is 0 Å². The van der Waals surface area contributed by atoms with Crippen molar-refractivity contribution in [2.75, 3.05) is 0 Å². The Bertz CT molecular complexity index is 575. The summed E-state index contributed by atoms with van der Waals surface area (Å²) in [6.07, 6.45) is 2.56. The molecule has 19 heavy (non-hydrogen) atoms. The number of aromatic nitrogens is 1. The zero-order valence-electron chi connectivity index (χ0n) is 11.6. The van der Waals surface area contributed by atoms with Gasteiger partial charge in [-0.2, -0.15) is 5.26 Å². The maximum absolute atomic E-state index is 9.00. The number of nitrogens with one attached hydrogen (secondary N) is 1. The number of hydrogen-bond donors (Lipinski definition) is 1. The summed E-state index contributed by atoms with van der Waals surface area (Å²) < 4.78 is 7.26. The van der Waals surface area contributed by atoms with Crippen molar-refractivity contribution in [1.29, 1.82) is 5.26 Å². The molecule has 0 aliphatic rings. The second-order valence-corrected chi connectivity index (χ2v) is 4.88. The van der Waals surface area contributed by atoms with E-state index in [0.717, 1.165) is 24.4 Å². The van der Waals surface area contributed by atoms with E-state index in [1.165, 1.54) is 5.56 Å². The Morgan fingerprint density at radius 1 is 1.53 bits per heavy atom. The Morgan fingerprint density at radius 2 is 2.32 bits per heavy atom. The van der Waals surface area contributed by atoms with Crippen LogP contribution in [0, 0.1) is 18.3 Å². The summed E-state index contributed by atoms with van der Waals surface area (Å²) in [5, 5.41) is 12.5. The Labute approximate surface area is 113 Å². The van der Waals surface area contributed by atoms with Crippen molar-refractivity contribution >= 4 is 0 Å². The number of nitriles is 1. The Kier molecular flexibility index (Phi) is 4.08. The fraction of sp³-hybridized carbons (Fsp3) is 0.400. The van der Waals surface area contributed by atoms with E-state index in [0.29, 0.717) is 11.7 Å². The molecule has 1 unspecified atom stereocenters. The first-order valence-corrected chi connectivity index (χ1v) is 6.43. The molecule has 2 rings (SSSR count). The monoisotopic (exact) mass is 257 g/mol. The zero-order chi connectivity index (χ0) is 13.8. The van der Waals surface area contributed by atoms with Crippen molar-refractivity contribution in [3.8, 4) is 6.07 Å².